The highest BCUT2D eigenvalue weighted by molar-refractivity contribution is 5.74. The molecule has 1 N–H and O–H groups in total. The number of aliphatic hydroxyl groups is 1. The van der Waals surface area contributed by atoms with Crippen molar-refractivity contribution in [1.82, 2.24) is 0 Å². The lowest BCUT2D eigenvalue weighted by Gasteiger charge is -2.18. The van der Waals surface area contributed by atoms with Crippen LogP contribution in [0.2, 0.25) is 0 Å². The molecular formula is C52H98O9. The van der Waals surface area contributed by atoms with Crippen molar-refractivity contribution in [2.45, 2.75) is 284 Å². The minimum Gasteiger partial charge on any atom is -0.466 e. The predicted octanol–water partition coefficient (Wildman–Crippen LogP) is 14.4. The fourth-order valence-electron chi connectivity index (χ4n) is 7.84. The average Bonchev–Trinajstić information content (AvgIpc) is 3.25. The van der Waals surface area contributed by atoms with E-state index < -0.39 is 11.9 Å². The second-order valence-electron chi connectivity index (χ2n) is 17.9. The molecule has 0 spiro atoms. The second-order valence-corrected chi connectivity index (χ2v) is 17.9. The Morgan fingerprint density at radius 1 is 0.361 bits per heavy atom. The van der Waals surface area contributed by atoms with Gasteiger partial charge in [0.25, 0.3) is 0 Å². The number of carbonyl (C=O) groups excluding carboxylic acids is 4. The van der Waals surface area contributed by atoms with Crippen LogP contribution in [0.25, 0.3) is 0 Å². The van der Waals surface area contributed by atoms with Gasteiger partial charge in [-0.25, -0.2) is 0 Å². The van der Waals surface area contributed by atoms with E-state index in [4.69, 9.17) is 18.9 Å². The summed E-state index contributed by atoms with van der Waals surface area (Å²) in [7, 11) is 0. The maximum Gasteiger partial charge on any atom is 0.311 e. The minimum atomic E-state index is -0.742. The molecule has 0 aromatic heterocycles. The smallest absolute Gasteiger partial charge is 0.311 e. The Morgan fingerprint density at radius 3 is 1.08 bits per heavy atom. The Bertz CT molecular complexity index is 1000. The van der Waals surface area contributed by atoms with E-state index in [2.05, 4.69) is 27.7 Å². The molecule has 9 nitrogen and oxygen atoms in total. The predicted molar refractivity (Wildman–Crippen MR) is 250 cm³/mol. The van der Waals surface area contributed by atoms with Crippen molar-refractivity contribution in [2.24, 2.45) is 5.92 Å². The monoisotopic (exact) mass is 867 g/mol. The maximum atomic E-state index is 12.6. The van der Waals surface area contributed by atoms with Crippen LogP contribution < -0.4 is 0 Å². The highest BCUT2D eigenvalue weighted by Crippen LogP contribution is 2.20. The van der Waals surface area contributed by atoms with E-state index in [0.29, 0.717) is 19.4 Å². The molecule has 0 saturated heterocycles. The lowest BCUT2D eigenvalue weighted by molar-refractivity contribution is -0.152. The van der Waals surface area contributed by atoms with E-state index in [-0.39, 0.29) is 56.2 Å². The summed E-state index contributed by atoms with van der Waals surface area (Å²) < 4.78 is 22.6. The van der Waals surface area contributed by atoms with Crippen molar-refractivity contribution in [2.75, 3.05) is 19.8 Å². The van der Waals surface area contributed by atoms with Crippen LogP contribution in [-0.2, 0) is 38.1 Å². The quantitative estimate of drug-likeness (QED) is 0.0361. The molecule has 0 fully saturated rings. The first-order chi connectivity index (χ1) is 29.8. The van der Waals surface area contributed by atoms with Gasteiger partial charge >= 0.3 is 23.9 Å². The molecule has 0 bridgehead atoms. The van der Waals surface area contributed by atoms with E-state index in [9.17, 15) is 24.3 Å². The summed E-state index contributed by atoms with van der Waals surface area (Å²) in [6, 6.07) is 0. The molecule has 0 aliphatic carbocycles. The zero-order valence-corrected chi connectivity index (χ0v) is 40.4. The summed E-state index contributed by atoms with van der Waals surface area (Å²) in [6.07, 6.45) is 38.4. The molecule has 3 unspecified atom stereocenters. The third kappa shape index (κ3) is 40.4. The fourth-order valence-corrected chi connectivity index (χ4v) is 7.84. The van der Waals surface area contributed by atoms with E-state index in [1.165, 1.54) is 103 Å². The Kier molecular flexibility index (Phi) is 44.2. The number of carbonyl (C=O) groups is 4. The summed E-state index contributed by atoms with van der Waals surface area (Å²) in [6.45, 7) is 9.14. The van der Waals surface area contributed by atoms with Crippen molar-refractivity contribution in [3.8, 4) is 0 Å². The van der Waals surface area contributed by atoms with Gasteiger partial charge in [-0.3, -0.25) is 19.2 Å². The van der Waals surface area contributed by atoms with E-state index >= 15 is 0 Å². The average molecular weight is 867 g/mol. The molecule has 0 radical (unpaired) electrons. The normalized spacial score (nSPS) is 12.8. The molecule has 3 atom stereocenters. The second kappa shape index (κ2) is 45.9. The third-order valence-electron chi connectivity index (χ3n) is 11.9. The Labute approximate surface area is 375 Å². The van der Waals surface area contributed by atoms with Gasteiger partial charge in [0.15, 0.2) is 0 Å². The minimum absolute atomic E-state index is 0.0539. The van der Waals surface area contributed by atoms with Crippen LogP contribution in [0.1, 0.15) is 272 Å². The lowest BCUT2D eigenvalue weighted by Crippen LogP contribution is -2.23. The number of unbranched alkanes of at least 4 members (excludes halogenated alkanes) is 24. The van der Waals surface area contributed by atoms with Crippen LogP contribution in [-0.4, -0.2) is 61.0 Å². The van der Waals surface area contributed by atoms with Crippen LogP contribution in [0.3, 0.4) is 0 Å². The molecule has 0 aliphatic heterocycles. The number of hydrogen-bond donors (Lipinski definition) is 1. The van der Waals surface area contributed by atoms with Gasteiger partial charge in [-0.15, -0.1) is 0 Å². The van der Waals surface area contributed by atoms with E-state index in [1.54, 1.807) is 0 Å². The van der Waals surface area contributed by atoms with Gasteiger partial charge in [0.1, 0.15) is 12.2 Å². The van der Waals surface area contributed by atoms with Crippen LogP contribution in [0.15, 0.2) is 0 Å². The molecular weight excluding hydrogens is 769 g/mol. The van der Waals surface area contributed by atoms with Crippen molar-refractivity contribution < 1.29 is 43.2 Å². The molecule has 0 aliphatic rings. The molecule has 0 aromatic carbocycles. The van der Waals surface area contributed by atoms with Crippen molar-refractivity contribution in [1.29, 1.82) is 0 Å². The summed E-state index contributed by atoms with van der Waals surface area (Å²) in [5.41, 5.74) is 0. The SMILES string of the molecule is CCCCCCCCC(CCCCCC)OC(=O)CCCCCCCOC(=O)CCC(CO)C(=O)OCCCCCCCC(=O)OC(CCCCCC)CCCCCCCC. The van der Waals surface area contributed by atoms with Crippen molar-refractivity contribution >= 4 is 23.9 Å². The number of rotatable bonds is 47. The van der Waals surface area contributed by atoms with Crippen molar-refractivity contribution in [3.63, 3.8) is 0 Å². The molecule has 0 saturated carbocycles. The zero-order chi connectivity index (χ0) is 44.9. The highest BCUT2D eigenvalue weighted by Gasteiger charge is 2.21. The third-order valence-corrected chi connectivity index (χ3v) is 11.9. The molecule has 0 rings (SSSR count). The first-order valence-corrected chi connectivity index (χ1v) is 26.1. The lowest BCUT2D eigenvalue weighted by atomic mass is 10.0. The Hall–Kier alpha value is -2.16. The Balaban J connectivity index is 4.06. The van der Waals surface area contributed by atoms with Gasteiger partial charge in [-0.1, -0.05) is 169 Å². The van der Waals surface area contributed by atoms with Crippen molar-refractivity contribution in [3.05, 3.63) is 0 Å². The van der Waals surface area contributed by atoms with Gasteiger partial charge in [0.05, 0.1) is 25.7 Å². The number of ether oxygens (including phenoxy) is 4. The zero-order valence-electron chi connectivity index (χ0n) is 40.4. The van der Waals surface area contributed by atoms with Gasteiger partial charge in [0.2, 0.25) is 0 Å². The summed E-state index contributed by atoms with van der Waals surface area (Å²) in [5, 5.41) is 9.75. The van der Waals surface area contributed by atoms with E-state index in [0.717, 1.165) is 116 Å². The number of hydrogen-bond acceptors (Lipinski definition) is 9. The van der Waals surface area contributed by atoms with Gasteiger partial charge in [0, 0.05) is 19.3 Å². The molecule has 61 heavy (non-hydrogen) atoms. The van der Waals surface area contributed by atoms with Gasteiger partial charge < -0.3 is 24.1 Å². The summed E-state index contributed by atoms with van der Waals surface area (Å²) in [5.74, 6) is -1.73. The summed E-state index contributed by atoms with van der Waals surface area (Å²) in [4.78, 5) is 50.0. The van der Waals surface area contributed by atoms with Gasteiger partial charge in [-0.05, 0) is 83.5 Å². The Morgan fingerprint density at radius 2 is 0.689 bits per heavy atom. The molecule has 0 heterocycles. The standard InChI is InChI=1S/C52H98O9/c1-5-9-13-17-21-29-37-47(35-27-15-11-7-3)60-50(55)39-31-23-19-25-33-43-58-49(54)42-41-46(45-53)52(57)59-44-34-26-20-24-32-40-51(56)61-48(36-28-16-12-8-4)38-30-22-18-14-10-6-2/h46-48,53H,5-45H2,1-4H3. The van der Waals surface area contributed by atoms with Crippen LogP contribution >= 0.6 is 0 Å². The van der Waals surface area contributed by atoms with Crippen LogP contribution in [0.4, 0.5) is 0 Å². The molecule has 0 aromatic rings. The largest absolute Gasteiger partial charge is 0.466 e. The first kappa shape index (κ1) is 58.8. The maximum absolute atomic E-state index is 12.6. The fraction of sp³-hybridized carbons (Fsp3) is 0.923. The number of aliphatic hydroxyl groups excluding tert-OH is 1. The number of esters is 4. The molecule has 9 heteroatoms. The van der Waals surface area contributed by atoms with Crippen LogP contribution in [0.5, 0.6) is 0 Å². The molecule has 360 valence electrons. The highest BCUT2D eigenvalue weighted by atomic mass is 16.6. The van der Waals surface area contributed by atoms with E-state index in [1.807, 2.05) is 0 Å². The van der Waals surface area contributed by atoms with Crippen LogP contribution in [0, 0.1) is 5.92 Å². The molecule has 0 amide bonds. The topological polar surface area (TPSA) is 125 Å². The summed E-state index contributed by atoms with van der Waals surface area (Å²) >= 11 is 0. The first-order valence-electron chi connectivity index (χ1n) is 26.1. The van der Waals surface area contributed by atoms with Gasteiger partial charge in [-0.2, -0.15) is 0 Å².